The lowest BCUT2D eigenvalue weighted by Gasteiger charge is -2.36. The molecule has 0 aliphatic carbocycles. The highest BCUT2D eigenvalue weighted by atomic mass is 35.5. The van der Waals surface area contributed by atoms with Gasteiger partial charge in [-0.25, -0.2) is 9.37 Å². The summed E-state index contributed by atoms with van der Waals surface area (Å²) in [5, 5.41) is 5.07. The number of carbonyl (C=O) groups is 2. The van der Waals surface area contributed by atoms with Crippen LogP contribution in [0, 0.1) is 5.82 Å². The molecular weight excluding hydrogens is 470 g/mol. The number of alkyl halides is 3. The largest absolute Gasteiger partial charge is 0.484 e. The van der Waals surface area contributed by atoms with Crippen LogP contribution in [0.15, 0.2) is 30.6 Å². The van der Waals surface area contributed by atoms with E-state index in [4.69, 9.17) is 16.3 Å². The summed E-state index contributed by atoms with van der Waals surface area (Å²) < 4.78 is 57.0. The van der Waals surface area contributed by atoms with E-state index < -0.39 is 35.5 Å². The number of aromatic nitrogens is 2. The summed E-state index contributed by atoms with van der Waals surface area (Å²) in [6.07, 6.45) is -2.26. The SMILES string of the molecule is CN1C[C@@H](NC(=O)COc2ccc(Cl)c(F)c2)CC[C@@H]1C(=O)Nc1cncc(C(F)(F)F)n1. The Morgan fingerprint density at radius 2 is 2.03 bits per heavy atom. The monoisotopic (exact) mass is 489 g/mol. The summed E-state index contributed by atoms with van der Waals surface area (Å²) in [6.45, 7) is -0.00686. The highest BCUT2D eigenvalue weighted by molar-refractivity contribution is 6.30. The molecule has 2 aromatic rings. The van der Waals surface area contributed by atoms with Crippen LogP contribution in [0.25, 0.3) is 0 Å². The molecule has 8 nitrogen and oxygen atoms in total. The number of carbonyl (C=O) groups excluding carboxylic acids is 2. The second-order valence-corrected chi connectivity index (χ2v) is 7.85. The molecule has 1 aromatic carbocycles. The Balaban J connectivity index is 1.48. The molecule has 33 heavy (non-hydrogen) atoms. The van der Waals surface area contributed by atoms with Crippen molar-refractivity contribution in [2.45, 2.75) is 31.1 Å². The van der Waals surface area contributed by atoms with Crippen LogP contribution in [0.2, 0.25) is 5.02 Å². The Bertz CT molecular complexity index is 1020. The number of piperidine rings is 1. The molecule has 2 N–H and O–H groups in total. The molecular formula is C20H20ClF4N5O3. The Kier molecular flexibility index (Phi) is 7.69. The van der Waals surface area contributed by atoms with E-state index in [1.165, 1.54) is 12.1 Å². The maximum absolute atomic E-state index is 13.4. The third kappa shape index (κ3) is 6.75. The number of anilines is 1. The molecule has 0 unspecified atom stereocenters. The first kappa shape index (κ1) is 24.6. The molecule has 0 bridgehead atoms. The van der Waals surface area contributed by atoms with Crippen LogP contribution in [-0.2, 0) is 15.8 Å². The van der Waals surface area contributed by atoms with Crippen molar-refractivity contribution in [1.82, 2.24) is 20.2 Å². The topological polar surface area (TPSA) is 96.5 Å². The van der Waals surface area contributed by atoms with E-state index in [1.54, 1.807) is 11.9 Å². The fourth-order valence-electron chi connectivity index (χ4n) is 3.35. The summed E-state index contributed by atoms with van der Waals surface area (Å²) in [5.74, 6) is -1.75. The number of hydrogen-bond acceptors (Lipinski definition) is 6. The van der Waals surface area contributed by atoms with E-state index in [9.17, 15) is 27.2 Å². The number of likely N-dealkylation sites (N-methyl/N-ethyl adjacent to an activating group) is 1. The van der Waals surface area contributed by atoms with Gasteiger partial charge in [-0.3, -0.25) is 19.5 Å². The standard InChI is InChI=1S/C20H20ClF4N5O3/c1-30-9-11(27-18(31)10-33-12-3-4-13(21)14(22)6-12)2-5-15(30)19(32)29-17-8-26-7-16(28-17)20(23,24)25/h3-4,6-8,11,15H,2,5,9-10H2,1H3,(H,27,31)(H,28,29,32)/t11-,15+/m0/s1. The number of amides is 2. The second kappa shape index (κ2) is 10.3. The van der Waals surface area contributed by atoms with Crippen molar-refractivity contribution in [1.29, 1.82) is 0 Å². The predicted octanol–water partition coefficient (Wildman–Crippen LogP) is 2.88. The van der Waals surface area contributed by atoms with E-state index in [0.717, 1.165) is 12.3 Å². The zero-order valence-electron chi connectivity index (χ0n) is 17.3. The average Bonchev–Trinajstić information content (AvgIpc) is 2.74. The van der Waals surface area contributed by atoms with Gasteiger partial charge in [0.15, 0.2) is 18.1 Å². The molecule has 1 saturated heterocycles. The number of halogens is 5. The lowest BCUT2D eigenvalue weighted by molar-refractivity contribution is -0.141. The van der Waals surface area contributed by atoms with Crippen LogP contribution in [0.1, 0.15) is 18.5 Å². The van der Waals surface area contributed by atoms with Gasteiger partial charge in [-0.1, -0.05) is 11.6 Å². The molecule has 178 valence electrons. The van der Waals surface area contributed by atoms with Gasteiger partial charge >= 0.3 is 6.18 Å². The minimum absolute atomic E-state index is 0.0595. The minimum Gasteiger partial charge on any atom is -0.484 e. The number of benzene rings is 1. The molecule has 3 rings (SSSR count). The zero-order valence-corrected chi connectivity index (χ0v) is 18.1. The molecule has 1 fully saturated rings. The van der Waals surface area contributed by atoms with Crippen LogP contribution >= 0.6 is 11.6 Å². The molecule has 1 aromatic heterocycles. The molecule has 0 spiro atoms. The molecule has 2 amide bonds. The van der Waals surface area contributed by atoms with Gasteiger partial charge < -0.3 is 15.4 Å². The Hall–Kier alpha value is -2.99. The highest BCUT2D eigenvalue weighted by Crippen LogP contribution is 2.27. The summed E-state index contributed by atoms with van der Waals surface area (Å²) in [5.41, 5.74) is -1.20. The molecule has 2 heterocycles. The van der Waals surface area contributed by atoms with Crippen molar-refractivity contribution in [3.63, 3.8) is 0 Å². The highest BCUT2D eigenvalue weighted by Gasteiger charge is 2.34. The summed E-state index contributed by atoms with van der Waals surface area (Å²) >= 11 is 5.60. The van der Waals surface area contributed by atoms with E-state index in [-0.39, 0.29) is 29.2 Å². The van der Waals surface area contributed by atoms with Gasteiger partial charge in [0.25, 0.3) is 5.91 Å². The second-order valence-electron chi connectivity index (χ2n) is 7.44. The minimum atomic E-state index is -4.67. The molecule has 2 atom stereocenters. The predicted molar refractivity (Wildman–Crippen MR) is 110 cm³/mol. The zero-order chi connectivity index (χ0) is 24.2. The van der Waals surface area contributed by atoms with Crippen LogP contribution in [0.3, 0.4) is 0 Å². The van der Waals surface area contributed by atoms with Gasteiger partial charge in [-0.05, 0) is 32.0 Å². The fraction of sp³-hybridized carbons (Fsp3) is 0.400. The van der Waals surface area contributed by atoms with Gasteiger partial charge in [0.05, 0.1) is 23.5 Å². The molecule has 1 aliphatic heterocycles. The number of hydrogen-bond donors (Lipinski definition) is 2. The normalized spacial score (nSPS) is 19.1. The maximum Gasteiger partial charge on any atom is 0.434 e. The molecule has 1 aliphatic rings. The van der Waals surface area contributed by atoms with Crippen molar-refractivity contribution in [3.05, 3.63) is 47.1 Å². The molecule has 13 heteroatoms. The van der Waals surface area contributed by atoms with Crippen molar-refractivity contribution in [3.8, 4) is 5.75 Å². The van der Waals surface area contributed by atoms with E-state index >= 15 is 0 Å². The lowest BCUT2D eigenvalue weighted by Crippen LogP contribution is -2.54. The fourth-order valence-corrected chi connectivity index (χ4v) is 3.47. The maximum atomic E-state index is 13.4. The van der Waals surface area contributed by atoms with Crippen molar-refractivity contribution in [2.24, 2.45) is 0 Å². The van der Waals surface area contributed by atoms with E-state index in [2.05, 4.69) is 20.6 Å². The van der Waals surface area contributed by atoms with Crippen LogP contribution < -0.4 is 15.4 Å². The summed E-state index contributed by atoms with van der Waals surface area (Å²) in [4.78, 5) is 33.2. The number of rotatable bonds is 6. The summed E-state index contributed by atoms with van der Waals surface area (Å²) in [6, 6.07) is 2.93. The first-order valence-electron chi connectivity index (χ1n) is 9.80. The van der Waals surface area contributed by atoms with Gasteiger partial charge in [0, 0.05) is 18.7 Å². The van der Waals surface area contributed by atoms with Gasteiger partial charge in [-0.15, -0.1) is 0 Å². The molecule has 0 saturated carbocycles. The van der Waals surface area contributed by atoms with Crippen molar-refractivity contribution >= 4 is 29.2 Å². The Morgan fingerprint density at radius 1 is 1.27 bits per heavy atom. The number of nitrogens with one attached hydrogen (secondary N) is 2. The van der Waals surface area contributed by atoms with Gasteiger partial charge in [0.1, 0.15) is 11.6 Å². The Morgan fingerprint density at radius 3 is 2.70 bits per heavy atom. The third-order valence-corrected chi connectivity index (χ3v) is 5.24. The Labute approximate surface area is 191 Å². The molecule has 0 radical (unpaired) electrons. The van der Waals surface area contributed by atoms with Crippen molar-refractivity contribution in [2.75, 3.05) is 25.5 Å². The quantitative estimate of drug-likeness (QED) is 0.606. The van der Waals surface area contributed by atoms with Gasteiger partial charge in [0.2, 0.25) is 5.91 Å². The van der Waals surface area contributed by atoms with Crippen LogP contribution in [0.5, 0.6) is 5.75 Å². The van der Waals surface area contributed by atoms with E-state index in [0.29, 0.717) is 25.6 Å². The van der Waals surface area contributed by atoms with Crippen molar-refractivity contribution < 1.29 is 31.9 Å². The number of nitrogens with zero attached hydrogens (tertiary/aromatic N) is 3. The number of ether oxygens (including phenoxy) is 1. The van der Waals surface area contributed by atoms with Gasteiger partial charge in [-0.2, -0.15) is 13.2 Å². The number of likely N-dealkylation sites (tertiary alicyclic amines) is 1. The third-order valence-electron chi connectivity index (χ3n) is 4.93. The first-order chi connectivity index (χ1) is 15.5. The van der Waals surface area contributed by atoms with Crippen LogP contribution in [-0.4, -0.2) is 59.0 Å². The average molecular weight is 490 g/mol. The van der Waals surface area contributed by atoms with Crippen LogP contribution in [0.4, 0.5) is 23.4 Å². The van der Waals surface area contributed by atoms with E-state index in [1.807, 2.05) is 0 Å². The smallest absolute Gasteiger partial charge is 0.434 e. The first-order valence-corrected chi connectivity index (χ1v) is 10.2. The summed E-state index contributed by atoms with van der Waals surface area (Å²) in [7, 11) is 1.66. The lowest BCUT2D eigenvalue weighted by atomic mass is 9.98.